The molecular weight excluding hydrogens is 509 g/mol. The summed E-state index contributed by atoms with van der Waals surface area (Å²) in [5.74, 6) is 3.25. The van der Waals surface area contributed by atoms with Crippen molar-refractivity contribution in [1.82, 2.24) is 9.88 Å². The average molecular weight is 543 g/mol. The third-order valence-electron chi connectivity index (χ3n) is 6.54. The molecule has 2 heterocycles. The number of H-pyrrole nitrogens is 1. The van der Waals surface area contributed by atoms with Gasteiger partial charge in [-0.15, -0.1) is 0 Å². The second kappa shape index (κ2) is 12.1. The number of esters is 1. The Balaban J connectivity index is 1.58. The summed E-state index contributed by atoms with van der Waals surface area (Å²) in [7, 11) is 0. The molecule has 0 saturated carbocycles. The number of hydrogen-bond donors (Lipinski definition) is 1. The molecule has 0 unspecified atom stereocenters. The number of hydrogen-bond acceptors (Lipinski definition) is 5. The minimum Gasteiger partial charge on any atom is -0.481 e. The fourth-order valence-corrected chi connectivity index (χ4v) is 5.01. The van der Waals surface area contributed by atoms with E-state index < -0.39 is 29.3 Å². The fraction of sp³-hybridized carbons (Fsp3) is 0.433. The molecule has 0 amide bonds. The molecule has 0 bridgehead atoms. The van der Waals surface area contributed by atoms with Crippen molar-refractivity contribution in [2.45, 2.75) is 51.9 Å². The number of nitrogens with zero attached hydrogens (tertiary/aromatic N) is 1. The fourth-order valence-electron chi connectivity index (χ4n) is 5.01. The lowest BCUT2D eigenvalue weighted by Crippen LogP contribution is -2.48. The zero-order valence-electron chi connectivity index (χ0n) is 22.6. The summed E-state index contributed by atoms with van der Waals surface area (Å²) in [6, 6.07) is 8.96. The van der Waals surface area contributed by atoms with Crippen LogP contribution >= 0.6 is 0 Å². The second-order valence-electron chi connectivity index (χ2n) is 10.2. The van der Waals surface area contributed by atoms with Gasteiger partial charge < -0.3 is 19.2 Å². The number of rotatable bonds is 9. The summed E-state index contributed by atoms with van der Waals surface area (Å²) < 4.78 is 61.4. The number of benzene rings is 2. The second-order valence-corrected chi connectivity index (χ2v) is 10.2. The molecule has 1 aliphatic heterocycles. The molecule has 6 nitrogen and oxygen atoms in total. The van der Waals surface area contributed by atoms with E-state index in [4.69, 9.17) is 14.2 Å². The van der Waals surface area contributed by atoms with Crippen LogP contribution in [0.2, 0.25) is 0 Å². The maximum atomic E-state index is 15.6. The van der Waals surface area contributed by atoms with E-state index in [-0.39, 0.29) is 50.3 Å². The predicted octanol–water partition coefficient (Wildman–Crippen LogP) is 5.49. The Bertz CT molecular complexity index is 1360. The maximum absolute atomic E-state index is 15.6. The molecule has 39 heavy (non-hydrogen) atoms. The average Bonchev–Trinajstić information content (AvgIpc) is 3.22. The van der Waals surface area contributed by atoms with Gasteiger partial charge in [-0.1, -0.05) is 30.0 Å². The smallest absolute Gasteiger partial charge is 0.332 e. The number of nitrogens with one attached hydrogen (secondary N) is 1. The zero-order chi connectivity index (χ0) is 28.2. The highest BCUT2D eigenvalue weighted by atomic mass is 19.1. The van der Waals surface area contributed by atoms with Crippen LogP contribution in [0, 0.1) is 23.5 Å². The summed E-state index contributed by atoms with van der Waals surface area (Å²) in [6.07, 6.45) is 0.624. The van der Waals surface area contributed by atoms with Gasteiger partial charge in [0.05, 0.1) is 12.6 Å². The third kappa shape index (κ3) is 6.75. The molecule has 208 valence electrons. The molecule has 3 aromatic rings. The Hall–Kier alpha value is -3.48. The van der Waals surface area contributed by atoms with Gasteiger partial charge in [0.2, 0.25) is 0 Å². The Kier molecular flexibility index (Phi) is 8.88. The van der Waals surface area contributed by atoms with Crippen LogP contribution in [0.5, 0.6) is 5.75 Å². The molecule has 0 aliphatic carbocycles. The number of halogens is 3. The highest BCUT2D eigenvalue weighted by molar-refractivity contribution is 5.85. The van der Waals surface area contributed by atoms with Crippen molar-refractivity contribution >= 4 is 16.9 Å². The van der Waals surface area contributed by atoms with Gasteiger partial charge in [0.1, 0.15) is 42.9 Å². The lowest BCUT2D eigenvalue weighted by molar-refractivity contribution is -0.147. The van der Waals surface area contributed by atoms with Crippen molar-refractivity contribution in [3.63, 3.8) is 0 Å². The largest absolute Gasteiger partial charge is 0.481 e. The highest BCUT2D eigenvalue weighted by Crippen LogP contribution is 2.43. The predicted molar refractivity (Wildman–Crippen MR) is 142 cm³/mol. The van der Waals surface area contributed by atoms with E-state index in [2.05, 4.69) is 16.8 Å². The number of aromatic amines is 1. The van der Waals surface area contributed by atoms with Gasteiger partial charge in [-0.3, -0.25) is 4.90 Å². The molecule has 1 aromatic heterocycles. The first kappa shape index (κ1) is 28.5. The van der Waals surface area contributed by atoms with Gasteiger partial charge >= 0.3 is 5.97 Å². The van der Waals surface area contributed by atoms with Crippen LogP contribution in [0.1, 0.15) is 50.6 Å². The number of ether oxygens (including phenoxy) is 3. The monoisotopic (exact) mass is 542 g/mol. The van der Waals surface area contributed by atoms with Crippen molar-refractivity contribution in [3.8, 4) is 17.6 Å². The van der Waals surface area contributed by atoms with Crippen LogP contribution in [0.15, 0.2) is 36.4 Å². The van der Waals surface area contributed by atoms with E-state index in [1.165, 1.54) is 13.8 Å². The highest BCUT2D eigenvalue weighted by Gasteiger charge is 2.41. The van der Waals surface area contributed by atoms with Crippen LogP contribution in [0.3, 0.4) is 0 Å². The number of carbonyl (C=O) groups excluding carboxylic acids is 1. The van der Waals surface area contributed by atoms with Crippen molar-refractivity contribution in [3.05, 3.63) is 64.9 Å². The molecule has 4 rings (SSSR count). The minimum atomic E-state index is -1.58. The van der Waals surface area contributed by atoms with E-state index in [0.717, 1.165) is 28.6 Å². The number of fused-ring (bicyclic) bond motifs is 3. The van der Waals surface area contributed by atoms with Crippen LogP contribution in [-0.2, 0) is 20.7 Å². The summed E-state index contributed by atoms with van der Waals surface area (Å²) >= 11 is 0. The van der Waals surface area contributed by atoms with Gasteiger partial charge in [0.15, 0.2) is 0 Å². The molecule has 0 spiro atoms. The molecule has 0 fully saturated rings. The van der Waals surface area contributed by atoms with Crippen LogP contribution in [-0.4, -0.2) is 60.5 Å². The Labute approximate surface area is 226 Å². The van der Waals surface area contributed by atoms with Gasteiger partial charge in [-0.25, -0.2) is 18.0 Å². The zero-order valence-corrected chi connectivity index (χ0v) is 22.6. The number of alkyl halides is 1. The molecular formula is C30H33F3N2O4. The van der Waals surface area contributed by atoms with E-state index in [0.29, 0.717) is 12.1 Å². The normalized spacial score (nSPS) is 17.4. The van der Waals surface area contributed by atoms with Gasteiger partial charge in [0.25, 0.3) is 0 Å². The first-order valence-electron chi connectivity index (χ1n) is 12.9. The lowest BCUT2D eigenvalue weighted by Gasteiger charge is -2.43. The van der Waals surface area contributed by atoms with Gasteiger partial charge in [0, 0.05) is 46.9 Å². The SMILES string of the molecule is CCOC(=O)COCC#CCOc1cc(F)c([C@@H]2c3[nH]c4ccccc4c3C[C@@H](C)N2CC(C)(C)F)c(F)c1. The molecule has 9 heteroatoms. The summed E-state index contributed by atoms with van der Waals surface area (Å²) in [6.45, 7) is 6.48. The Morgan fingerprint density at radius 3 is 2.54 bits per heavy atom. The summed E-state index contributed by atoms with van der Waals surface area (Å²) in [4.78, 5) is 16.4. The molecule has 0 saturated heterocycles. The van der Waals surface area contributed by atoms with E-state index in [1.807, 2.05) is 36.1 Å². The van der Waals surface area contributed by atoms with Crippen molar-refractivity contribution < 1.29 is 32.2 Å². The molecule has 0 radical (unpaired) electrons. The van der Waals surface area contributed by atoms with Gasteiger partial charge in [-0.2, -0.15) is 0 Å². The third-order valence-corrected chi connectivity index (χ3v) is 6.54. The molecule has 2 aromatic carbocycles. The molecule has 1 N–H and O–H groups in total. The van der Waals surface area contributed by atoms with Crippen LogP contribution < -0.4 is 4.74 Å². The van der Waals surface area contributed by atoms with E-state index in [1.54, 1.807) is 6.92 Å². The lowest BCUT2D eigenvalue weighted by atomic mass is 9.87. The van der Waals surface area contributed by atoms with Crippen LogP contribution in [0.4, 0.5) is 13.2 Å². The Morgan fingerprint density at radius 2 is 1.85 bits per heavy atom. The van der Waals surface area contributed by atoms with E-state index >= 15 is 8.78 Å². The number of para-hydroxylation sites is 1. The van der Waals surface area contributed by atoms with Crippen molar-refractivity contribution in [2.24, 2.45) is 0 Å². The quantitative estimate of drug-likeness (QED) is 0.220. The van der Waals surface area contributed by atoms with Crippen molar-refractivity contribution in [2.75, 3.05) is 33.0 Å². The topological polar surface area (TPSA) is 63.8 Å². The maximum Gasteiger partial charge on any atom is 0.332 e. The number of carbonyl (C=O) groups is 1. The molecule has 2 atom stereocenters. The standard InChI is InChI=1S/C30H33F3N2O4/c1-5-38-26(36)17-37-12-8-9-13-39-20-15-23(31)27(24(32)16-20)29-28-22(21-10-6-7-11-25(21)34-28)14-19(2)35(29)18-30(3,4)33/h6-7,10-11,15-16,19,29,34H,5,12-14,17-18H2,1-4H3/t19-,29-/m1/s1. The Morgan fingerprint density at radius 1 is 1.15 bits per heavy atom. The summed E-state index contributed by atoms with van der Waals surface area (Å²) in [5.41, 5.74) is 0.774. The van der Waals surface area contributed by atoms with Gasteiger partial charge in [-0.05, 0) is 45.7 Å². The summed E-state index contributed by atoms with van der Waals surface area (Å²) in [5, 5.41) is 0.995. The molecule has 1 aliphatic rings. The van der Waals surface area contributed by atoms with Crippen molar-refractivity contribution in [1.29, 1.82) is 0 Å². The van der Waals surface area contributed by atoms with E-state index in [9.17, 15) is 9.18 Å². The number of aromatic nitrogens is 1. The first-order valence-corrected chi connectivity index (χ1v) is 12.9. The first-order chi connectivity index (χ1) is 18.6. The minimum absolute atomic E-state index is 0.00139. The van der Waals surface area contributed by atoms with Crippen LogP contribution in [0.25, 0.3) is 10.9 Å².